The third-order valence-electron chi connectivity index (χ3n) is 6.13. The standard InChI is InChI=1S/C22H32N4O3/c1-13-14(2)22(29-12-20(23)26-28)24-15(3)18(13)11-17-9-10-19(27)21(25-17)16-7-5-4-6-8-16/h9-10,16,21,25,27-28H,4-8,11-12H2,1-3H3,(H2,23,26). The van der Waals surface area contributed by atoms with Crippen LogP contribution in [-0.2, 0) is 6.42 Å². The number of nitrogens with zero attached hydrogens (tertiary/aromatic N) is 2. The molecule has 1 aromatic rings. The Kier molecular flexibility index (Phi) is 6.67. The summed E-state index contributed by atoms with van der Waals surface area (Å²) in [5, 5.41) is 25.6. The third-order valence-corrected chi connectivity index (χ3v) is 6.13. The Hall–Kier alpha value is -2.70. The van der Waals surface area contributed by atoms with E-state index in [1.807, 2.05) is 26.0 Å². The molecule has 29 heavy (non-hydrogen) atoms. The third kappa shape index (κ3) is 4.83. The van der Waals surface area contributed by atoms with Gasteiger partial charge in [0.15, 0.2) is 12.4 Å². The molecule has 0 spiro atoms. The van der Waals surface area contributed by atoms with Crippen molar-refractivity contribution >= 4 is 5.84 Å². The first-order valence-electron chi connectivity index (χ1n) is 10.3. The van der Waals surface area contributed by atoms with Crippen LogP contribution in [0.2, 0.25) is 0 Å². The number of ether oxygens (including phenoxy) is 1. The smallest absolute Gasteiger partial charge is 0.217 e. The zero-order valence-corrected chi connectivity index (χ0v) is 17.5. The number of nitrogens with two attached hydrogens (primary N) is 1. The Bertz CT molecular complexity index is 839. The first-order valence-corrected chi connectivity index (χ1v) is 10.3. The Morgan fingerprint density at radius 2 is 1.93 bits per heavy atom. The van der Waals surface area contributed by atoms with Crippen LogP contribution >= 0.6 is 0 Å². The van der Waals surface area contributed by atoms with E-state index in [4.69, 9.17) is 15.7 Å². The van der Waals surface area contributed by atoms with E-state index in [1.54, 1.807) is 0 Å². The van der Waals surface area contributed by atoms with Crippen molar-refractivity contribution in [1.82, 2.24) is 10.3 Å². The number of hydrogen-bond donors (Lipinski definition) is 4. The SMILES string of the molecule is Cc1nc(OC/C(N)=N/O)c(C)c(C)c1CC1=CC=C(O)C(C2CCCCC2)N1. The van der Waals surface area contributed by atoms with E-state index in [9.17, 15) is 5.11 Å². The van der Waals surface area contributed by atoms with Gasteiger partial charge in [-0.1, -0.05) is 24.4 Å². The largest absolute Gasteiger partial charge is 0.510 e. The van der Waals surface area contributed by atoms with Gasteiger partial charge in [0.25, 0.3) is 0 Å². The lowest BCUT2D eigenvalue weighted by atomic mass is 9.82. The molecule has 2 heterocycles. The number of amidine groups is 1. The molecule has 158 valence electrons. The van der Waals surface area contributed by atoms with Crippen LogP contribution in [0.5, 0.6) is 5.88 Å². The average Bonchev–Trinajstić information content (AvgIpc) is 2.74. The summed E-state index contributed by atoms with van der Waals surface area (Å²) in [6.07, 6.45) is 10.6. The van der Waals surface area contributed by atoms with Crippen LogP contribution in [0.1, 0.15) is 54.5 Å². The molecule has 0 bridgehead atoms. The van der Waals surface area contributed by atoms with Gasteiger partial charge in [-0.05, 0) is 62.8 Å². The molecule has 0 aromatic carbocycles. The molecule has 1 atom stereocenters. The summed E-state index contributed by atoms with van der Waals surface area (Å²) in [6, 6.07) is 0.00770. The number of aryl methyl sites for hydroxylation is 1. The van der Waals surface area contributed by atoms with E-state index >= 15 is 0 Å². The summed E-state index contributed by atoms with van der Waals surface area (Å²) >= 11 is 0. The second-order valence-electron chi connectivity index (χ2n) is 8.09. The first-order chi connectivity index (χ1) is 13.9. The van der Waals surface area contributed by atoms with Crippen molar-refractivity contribution in [2.45, 2.75) is 65.3 Å². The highest BCUT2D eigenvalue weighted by Gasteiger charge is 2.29. The van der Waals surface area contributed by atoms with Gasteiger partial charge in [0.2, 0.25) is 5.88 Å². The summed E-state index contributed by atoms with van der Waals surface area (Å²) in [5.74, 6) is 1.43. The van der Waals surface area contributed by atoms with Crippen LogP contribution in [0.4, 0.5) is 0 Å². The van der Waals surface area contributed by atoms with Crippen molar-refractivity contribution in [2.75, 3.05) is 6.61 Å². The average molecular weight is 401 g/mol. The normalized spacial score (nSPS) is 20.7. The van der Waals surface area contributed by atoms with Crippen molar-refractivity contribution < 1.29 is 15.1 Å². The molecule has 1 saturated carbocycles. The maximum absolute atomic E-state index is 10.4. The zero-order chi connectivity index (χ0) is 21.0. The molecule has 0 radical (unpaired) electrons. The number of nitrogens with one attached hydrogen (secondary N) is 1. The van der Waals surface area contributed by atoms with Crippen molar-refractivity contribution in [2.24, 2.45) is 16.8 Å². The van der Waals surface area contributed by atoms with Crippen LogP contribution in [0.15, 0.2) is 28.8 Å². The van der Waals surface area contributed by atoms with Gasteiger partial charge in [-0.2, -0.15) is 0 Å². The molecule has 1 unspecified atom stereocenters. The molecule has 1 fully saturated rings. The van der Waals surface area contributed by atoms with Gasteiger partial charge in [0.05, 0.1) is 6.04 Å². The fraction of sp³-hybridized carbons (Fsp3) is 0.545. The van der Waals surface area contributed by atoms with E-state index < -0.39 is 0 Å². The number of rotatable bonds is 6. The highest BCUT2D eigenvalue weighted by atomic mass is 16.5. The molecule has 5 N–H and O–H groups in total. The Balaban J connectivity index is 1.76. The van der Waals surface area contributed by atoms with Gasteiger partial charge in [0.1, 0.15) is 5.76 Å². The Morgan fingerprint density at radius 3 is 2.62 bits per heavy atom. The lowest BCUT2D eigenvalue weighted by molar-refractivity contribution is 0.239. The summed E-state index contributed by atoms with van der Waals surface area (Å²) in [4.78, 5) is 4.59. The van der Waals surface area contributed by atoms with Gasteiger partial charge in [0, 0.05) is 23.4 Å². The van der Waals surface area contributed by atoms with Crippen LogP contribution < -0.4 is 15.8 Å². The molecule has 0 amide bonds. The molecular weight excluding hydrogens is 368 g/mol. The van der Waals surface area contributed by atoms with Gasteiger partial charge in [-0.3, -0.25) is 0 Å². The maximum Gasteiger partial charge on any atom is 0.217 e. The van der Waals surface area contributed by atoms with Crippen molar-refractivity contribution in [3.8, 4) is 5.88 Å². The minimum atomic E-state index is -0.0115. The van der Waals surface area contributed by atoms with Gasteiger partial charge < -0.3 is 26.1 Å². The van der Waals surface area contributed by atoms with Crippen LogP contribution in [0.3, 0.4) is 0 Å². The number of aliphatic hydroxyl groups is 1. The molecule has 1 aromatic heterocycles. The summed E-state index contributed by atoms with van der Waals surface area (Å²) < 4.78 is 5.61. The fourth-order valence-electron chi connectivity index (χ4n) is 4.27. The fourth-order valence-corrected chi connectivity index (χ4v) is 4.27. The molecule has 7 nitrogen and oxygen atoms in total. The van der Waals surface area contributed by atoms with Gasteiger partial charge >= 0.3 is 0 Å². The molecule has 1 aliphatic heterocycles. The minimum Gasteiger partial charge on any atom is -0.510 e. The Labute approximate surface area is 172 Å². The first kappa shape index (κ1) is 21.0. The molecular formula is C22H32N4O3. The number of allylic oxidation sites excluding steroid dienone is 3. The number of pyridine rings is 1. The van der Waals surface area contributed by atoms with Crippen molar-refractivity contribution in [3.05, 3.63) is 46.0 Å². The molecule has 7 heteroatoms. The van der Waals surface area contributed by atoms with E-state index in [-0.39, 0.29) is 18.5 Å². The molecule has 1 aliphatic carbocycles. The van der Waals surface area contributed by atoms with E-state index in [1.165, 1.54) is 19.3 Å². The number of aromatic nitrogens is 1. The lowest BCUT2D eigenvalue weighted by Crippen LogP contribution is -2.40. The quantitative estimate of drug-likeness (QED) is 0.251. The Morgan fingerprint density at radius 1 is 1.21 bits per heavy atom. The summed E-state index contributed by atoms with van der Waals surface area (Å²) in [6.45, 7) is 5.98. The van der Waals surface area contributed by atoms with E-state index in [0.29, 0.717) is 17.6 Å². The second-order valence-corrected chi connectivity index (χ2v) is 8.09. The predicted molar refractivity (Wildman–Crippen MR) is 113 cm³/mol. The molecule has 0 saturated heterocycles. The summed E-state index contributed by atoms with van der Waals surface area (Å²) in [7, 11) is 0. The predicted octanol–water partition coefficient (Wildman–Crippen LogP) is 3.55. The maximum atomic E-state index is 10.4. The van der Waals surface area contributed by atoms with Crippen LogP contribution in [0.25, 0.3) is 0 Å². The monoisotopic (exact) mass is 400 g/mol. The highest BCUT2D eigenvalue weighted by molar-refractivity contribution is 5.81. The van der Waals surface area contributed by atoms with Crippen LogP contribution in [0, 0.1) is 26.7 Å². The topological polar surface area (TPSA) is 113 Å². The number of dihydropyridines is 1. The van der Waals surface area contributed by atoms with Crippen molar-refractivity contribution in [3.63, 3.8) is 0 Å². The molecule has 3 rings (SSSR count). The second kappa shape index (κ2) is 9.20. The van der Waals surface area contributed by atoms with Crippen LogP contribution in [-0.4, -0.2) is 33.8 Å². The van der Waals surface area contributed by atoms with Crippen molar-refractivity contribution in [1.29, 1.82) is 0 Å². The molecule has 2 aliphatic rings. The van der Waals surface area contributed by atoms with E-state index in [0.717, 1.165) is 47.3 Å². The summed E-state index contributed by atoms with van der Waals surface area (Å²) in [5.41, 5.74) is 10.7. The van der Waals surface area contributed by atoms with E-state index in [2.05, 4.69) is 22.4 Å². The number of oxime groups is 1. The lowest BCUT2D eigenvalue weighted by Gasteiger charge is -2.34. The number of hydrogen-bond acceptors (Lipinski definition) is 6. The van der Waals surface area contributed by atoms with Gasteiger partial charge in [-0.25, -0.2) is 4.98 Å². The minimum absolute atomic E-state index is 0.00231. The number of aliphatic hydroxyl groups excluding tert-OH is 1. The zero-order valence-electron chi connectivity index (χ0n) is 17.5. The van der Waals surface area contributed by atoms with Gasteiger partial charge in [-0.15, -0.1) is 0 Å². The highest BCUT2D eigenvalue weighted by Crippen LogP contribution is 2.32.